The van der Waals surface area contributed by atoms with Crippen LogP contribution in [0.25, 0.3) is 11.0 Å². The second-order valence-electron chi connectivity index (χ2n) is 7.30. The van der Waals surface area contributed by atoms with Crippen LogP contribution in [0.2, 0.25) is 0 Å². The van der Waals surface area contributed by atoms with E-state index in [0.717, 1.165) is 18.2 Å². The minimum absolute atomic E-state index is 0.0464. The van der Waals surface area contributed by atoms with Gasteiger partial charge in [-0.1, -0.05) is 17.9 Å². The molecule has 1 atom stereocenters. The molecule has 3 heterocycles. The zero-order chi connectivity index (χ0) is 23.4. The number of aromatic amines is 1. The highest BCUT2D eigenvalue weighted by Crippen LogP contribution is 2.28. The van der Waals surface area contributed by atoms with E-state index in [-0.39, 0.29) is 17.5 Å². The van der Waals surface area contributed by atoms with Gasteiger partial charge in [0.15, 0.2) is 6.29 Å². The predicted octanol–water partition coefficient (Wildman–Crippen LogP) is 3.93. The van der Waals surface area contributed by atoms with Crippen LogP contribution in [0.5, 0.6) is 0 Å². The van der Waals surface area contributed by atoms with Gasteiger partial charge in [-0.2, -0.15) is 0 Å². The number of nitrogens with one attached hydrogen (secondary N) is 1. The molecule has 7 heteroatoms. The van der Waals surface area contributed by atoms with Crippen molar-refractivity contribution >= 4 is 17.3 Å². The first-order valence-electron chi connectivity index (χ1n) is 10.00. The van der Waals surface area contributed by atoms with Gasteiger partial charge in [0.1, 0.15) is 17.3 Å². The van der Waals surface area contributed by atoms with Gasteiger partial charge in [-0.05, 0) is 47.7 Å². The number of aromatic nitrogens is 3. The van der Waals surface area contributed by atoms with E-state index < -0.39 is 17.6 Å². The topological polar surface area (TPSA) is 67.8 Å². The maximum atomic E-state index is 14.5. The Morgan fingerprint density at radius 1 is 1.18 bits per heavy atom. The average Bonchev–Trinajstić information content (AvgIpc) is 3.29. The summed E-state index contributed by atoms with van der Waals surface area (Å²) >= 11 is 0. The predicted molar refractivity (Wildman–Crippen MR) is 121 cm³/mol. The molecule has 0 saturated heterocycles. The summed E-state index contributed by atoms with van der Waals surface area (Å²) in [6.07, 6.45) is 5.43. The monoisotopic (exact) mass is 441 g/mol. The van der Waals surface area contributed by atoms with Crippen molar-refractivity contribution in [2.24, 2.45) is 7.05 Å². The molecule has 0 saturated carbocycles. The maximum Gasteiger partial charge on any atom is 0.254 e. The molecule has 1 N–H and O–H groups in total. The molecule has 162 valence electrons. The Morgan fingerprint density at radius 3 is 2.85 bits per heavy atom. The number of hydrogen-bond donors (Lipinski definition) is 1. The lowest BCUT2D eigenvalue weighted by Gasteiger charge is -2.16. The van der Waals surface area contributed by atoms with Crippen LogP contribution in [-0.2, 0) is 7.05 Å². The number of fused-ring (bicyclic) bond motifs is 1. The lowest BCUT2D eigenvalue weighted by atomic mass is 9.89. The van der Waals surface area contributed by atoms with Gasteiger partial charge < -0.3 is 9.55 Å². The summed E-state index contributed by atoms with van der Waals surface area (Å²) in [5, 5.41) is 0.696. The molecule has 0 aliphatic rings. The van der Waals surface area contributed by atoms with Crippen molar-refractivity contribution in [1.29, 1.82) is 0 Å². The van der Waals surface area contributed by atoms with Crippen molar-refractivity contribution in [3.05, 3.63) is 99.2 Å². The van der Waals surface area contributed by atoms with Gasteiger partial charge in [0.2, 0.25) is 0 Å². The molecule has 0 fully saturated rings. The third-order valence-electron chi connectivity index (χ3n) is 5.25. The molecular weight excluding hydrogens is 424 g/mol. The molecule has 0 amide bonds. The Bertz CT molecular complexity index is 1550. The lowest BCUT2D eigenvalue weighted by molar-refractivity contribution is 0.112. The van der Waals surface area contributed by atoms with Crippen molar-refractivity contribution in [2.75, 3.05) is 0 Å². The minimum Gasteiger partial charge on any atom is -0.346 e. The summed E-state index contributed by atoms with van der Waals surface area (Å²) < 4.78 is 29.8. The van der Waals surface area contributed by atoms with E-state index in [1.807, 2.05) is 0 Å². The minimum atomic E-state index is -0.780. The van der Waals surface area contributed by atoms with Gasteiger partial charge in [0.05, 0.1) is 0 Å². The standard InChI is InChI=1S/C26H17F2N3O2/c1-31-13-5-8-22(26(31)33)20(23-14-18(27)9-10-24(23)28)7-4-2-3-6-19-17(16-32)15-30-25-21(19)11-12-29-25/h5,8-16,20H,7H2,1H3,(H,29,30). The second-order valence-corrected chi connectivity index (χ2v) is 7.30. The maximum absolute atomic E-state index is 14.5. The SMILES string of the molecule is Cn1cccc(C(CC#CC#Cc2c(C=O)cnc3[nH]ccc23)c2cc(F)ccc2F)c1=O. The molecule has 33 heavy (non-hydrogen) atoms. The van der Waals surface area contributed by atoms with Crippen molar-refractivity contribution in [3.63, 3.8) is 0 Å². The molecule has 0 radical (unpaired) electrons. The highest BCUT2D eigenvalue weighted by atomic mass is 19.1. The lowest BCUT2D eigenvalue weighted by Crippen LogP contribution is -2.23. The quantitative estimate of drug-likeness (QED) is 0.386. The van der Waals surface area contributed by atoms with Crippen molar-refractivity contribution < 1.29 is 13.6 Å². The number of benzene rings is 1. The summed E-state index contributed by atoms with van der Waals surface area (Å²) in [7, 11) is 1.59. The third-order valence-corrected chi connectivity index (χ3v) is 5.25. The zero-order valence-corrected chi connectivity index (χ0v) is 17.5. The van der Waals surface area contributed by atoms with Gasteiger partial charge in [0, 0.05) is 60.1 Å². The van der Waals surface area contributed by atoms with Gasteiger partial charge in [0.25, 0.3) is 5.56 Å². The van der Waals surface area contributed by atoms with E-state index in [9.17, 15) is 18.4 Å². The Kier molecular flexibility index (Phi) is 6.15. The Balaban J connectivity index is 1.71. The smallest absolute Gasteiger partial charge is 0.254 e. The largest absolute Gasteiger partial charge is 0.346 e. The molecule has 1 unspecified atom stereocenters. The Morgan fingerprint density at radius 2 is 2.03 bits per heavy atom. The van der Waals surface area contributed by atoms with E-state index in [4.69, 9.17) is 0 Å². The average molecular weight is 441 g/mol. The number of nitrogens with zero attached hydrogens (tertiary/aromatic N) is 2. The number of carbonyl (C=O) groups excluding carboxylic acids is 1. The molecule has 1 aromatic carbocycles. The van der Waals surface area contributed by atoms with Crippen LogP contribution in [0.15, 0.2) is 59.8 Å². The first kappa shape index (κ1) is 21.7. The van der Waals surface area contributed by atoms with Crippen LogP contribution in [0.3, 0.4) is 0 Å². The van der Waals surface area contributed by atoms with Crippen LogP contribution in [0, 0.1) is 35.3 Å². The molecule has 4 aromatic rings. The van der Waals surface area contributed by atoms with Crippen LogP contribution in [-0.4, -0.2) is 20.8 Å². The number of carbonyl (C=O) groups is 1. The van der Waals surface area contributed by atoms with E-state index in [1.165, 1.54) is 10.8 Å². The fourth-order valence-corrected chi connectivity index (χ4v) is 3.60. The van der Waals surface area contributed by atoms with Crippen molar-refractivity contribution in [3.8, 4) is 23.7 Å². The molecule has 0 aliphatic carbocycles. The molecule has 0 bridgehead atoms. The fraction of sp³-hybridized carbons (Fsp3) is 0.115. The van der Waals surface area contributed by atoms with Crippen LogP contribution in [0.1, 0.15) is 39.4 Å². The summed E-state index contributed by atoms with van der Waals surface area (Å²) in [5.41, 5.74) is 1.46. The summed E-state index contributed by atoms with van der Waals surface area (Å²) in [6, 6.07) is 8.15. The zero-order valence-electron chi connectivity index (χ0n) is 17.5. The van der Waals surface area contributed by atoms with Crippen LogP contribution in [0.4, 0.5) is 8.78 Å². The Hall–Kier alpha value is -4.49. The molecule has 4 rings (SSSR count). The Labute approximate surface area is 188 Å². The van der Waals surface area contributed by atoms with E-state index in [1.54, 1.807) is 37.6 Å². The number of halogens is 2. The molecule has 5 nitrogen and oxygen atoms in total. The first-order chi connectivity index (χ1) is 16.0. The summed E-state index contributed by atoms with van der Waals surface area (Å²) in [6.45, 7) is 0. The van der Waals surface area contributed by atoms with Crippen molar-refractivity contribution in [2.45, 2.75) is 12.3 Å². The normalized spacial score (nSPS) is 11.2. The van der Waals surface area contributed by atoms with Gasteiger partial charge >= 0.3 is 0 Å². The fourth-order valence-electron chi connectivity index (χ4n) is 3.60. The van der Waals surface area contributed by atoms with E-state index in [2.05, 4.69) is 33.6 Å². The number of H-pyrrole nitrogens is 1. The van der Waals surface area contributed by atoms with Crippen LogP contribution < -0.4 is 5.56 Å². The number of aldehydes is 1. The third kappa shape index (κ3) is 4.44. The highest BCUT2D eigenvalue weighted by Gasteiger charge is 2.21. The van der Waals surface area contributed by atoms with E-state index >= 15 is 0 Å². The highest BCUT2D eigenvalue weighted by molar-refractivity contribution is 5.92. The van der Waals surface area contributed by atoms with Crippen molar-refractivity contribution in [1.82, 2.24) is 14.5 Å². The molecule has 0 aliphatic heterocycles. The molecule has 0 spiro atoms. The number of hydrogen-bond acceptors (Lipinski definition) is 3. The second kappa shape index (κ2) is 9.33. The number of pyridine rings is 2. The molecule has 3 aromatic heterocycles. The van der Waals surface area contributed by atoms with Gasteiger partial charge in [-0.15, -0.1) is 0 Å². The summed E-state index contributed by atoms with van der Waals surface area (Å²) in [5.74, 6) is 9.12. The first-order valence-corrected chi connectivity index (χ1v) is 10.00. The number of rotatable bonds is 4. The van der Waals surface area contributed by atoms with Gasteiger partial charge in [-0.25, -0.2) is 13.8 Å². The van der Waals surface area contributed by atoms with Crippen LogP contribution >= 0.6 is 0 Å². The summed E-state index contributed by atoms with van der Waals surface area (Å²) in [4.78, 5) is 31.1. The molecular formula is C26H17F2N3O2. The number of aryl methyl sites for hydroxylation is 1. The van der Waals surface area contributed by atoms with E-state index in [0.29, 0.717) is 34.0 Å². The van der Waals surface area contributed by atoms with Gasteiger partial charge in [-0.3, -0.25) is 9.59 Å².